The molecule has 0 saturated heterocycles. The van der Waals surface area contributed by atoms with Crippen LogP contribution in [0.25, 0.3) is 16.9 Å². The number of nitrogens with zero attached hydrogens (tertiary/aromatic N) is 3. The molecule has 0 spiro atoms. The van der Waals surface area contributed by atoms with Gasteiger partial charge in [-0.15, -0.1) is 11.8 Å². The molecular formula is C30H28F2N4O3S. The third-order valence-electron chi connectivity index (χ3n) is 6.53. The number of benzene rings is 3. The molecule has 206 valence electrons. The highest BCUT2D eigenvalue weighted by molar-refractivity contribution is 8.00. The number of carbonyl (C=O) groups excluding carboxylic acids is 2. The largest absolute Gasteiger partial charge is 0.385 e. The molecule has 1 aromatic heterocycles. The highest BCUT2D eigenvalue weighted by atomic mass is 32.2. The summed E-state index contributed by atoms with van der Waals surface area (Å²) in [5.74, 6) is -1.71. The molecule has 0 bridgehead atoms. The van der Waals surface area contributed by atoms with Crippen LogP contribution in [0.2, 0.25) is 0 Å². The fourth-order valence-corrected chi connectivity index (χ4v) is 5.90. The standard InChI is InChI=1S/C30H28F2N4O3S/c1-39-16-8-15-33-25(37)18-35-26(38)19-40-29(23-14-13-21(31)17-24(23)32)27-28(20-9-4-2-5-10-20)34-36(30(27)35)22-11-6-3-7-12-22/h2-7,9-14,17,29H,8,15-16,18-19H2,1H3,(H,33,37). The zero-order valence-electron chi connectivity index (χ0n) is 21.8. The Hall–Kier alpha value is -4.02. The summed E-state index contributed by atoms with van der Waals surface area (Å²) in [4.78, 5) is 28.1. The maximum Gasteiger partial charge on any atom is 0.240 e. The molecular weight excluding hydrogens is 534 g/mol. The van der Waals surface area contributed by atoms with Crippen LogP contribution in [0.1, 0.15) is 22.8 Å². The number of amides is 2. The van der Waals surface area contributed by atoms with Crippen LogP contribution >= 0.6 is 11.8 Å². The fraction of sp³-hybridized carbons (Fsp3) is 0.233. The second-order valence-electron chi connectivity index (χ2n) is 9.23. The molecule has 5 rings (SSSR count). The number of hydrogen-bond donors (Lipinski definition) is 1. The van der Waals surface area contributed by atoms with Gasteiger partial charge in [0.15, 0.2) is 0 Å². The van der Waals surface area contributed by atoms with Gasteiger partial charge < -0.3 is 10.1 Å². The van der Waals surface area contributed by atoms with Crippen molar-refractivity contribution in [3.63, 3.8) is 0 Å². The molecule has 2 heterocycles. The number of fused-ring (bicyclic) bond motifs is 1. The quantitative estimate of drug-likeness (QED) is 0.286. The lowest BCUT2D eigenvalue weighted by molar-refractivity contribution is -0.122. The number of thioether (sulfide) groups is 1. The highest BCUT2D eigenvalue weighted by Gasteiger charge is 2.38. The summed E-state index contributed by atoms with van der Waals surface area (Å²) >= 11 is 1.23. The first kappa shape index (κ1) is 27.5. The Morgan fingerprint density at radius 2 is 1.80 bits per heavy atom. The van der Waals surface area contributed by atoms with Crippen LogP contribution in [0.4, 0.5) is 14.6 Å². The van der Waals surface area contributed by atoms with Crippen molar-refractivity contribution < 1.29 is 23.1 Å². The molecule has 0 radical (unpaired) electrons. The Kier molecular flexibility index (Phi) is 8.57. The average Bonchev–Trinajstić information content (AvgIpc) is 3.30. The minimum atomic E-state index is -0.716. The van der Waals surface area contributed by atoms with Gasteiger partial charge in [0.25, 0.3) is 0 Å². The van der Waals surface area contributed by atoms with E-state index < -0.39 is 16.9 Å². The lowest BCUT2D eigenvalue weighted by atomic mass is 9.99. The van der Waals surface area contributed by atoms with Gasteiger partial charge in [-0.1, -0.05) is 54.6 Å². The Morgan fingerprint density at radius 3 is 2.50 bits per heavy atom. The van der Waals surface area contributed by atoms with E-state index in [0.717, 1.165) is 11.6 Å². The lowest BCUT2D eigenvalue weighted by Crippen LogP contribution is -2.42. The van der Waals surface area contributed by atoms with Crippen LogP contribution in [0.15, 0.2) is 78.9 Å². The van der Waals surface area contributed by atoms with Gasteiger partial charge in [-0.05, 0) is 24.6 Å². The topological polar surface area (TPSA) is 76.5 Å². The number of halogens is 2. The Morgan fingerprint density at radius 1 is 1.07 bits per heavy atom. The zero-order valence-corrected chi connectivity index (χ0v) is 22.7. The van der Waals surface area contributed by atoms with Crippen LogP contribution in [0.3, 0.4) is 0 Å². The number of anilines is 1. The van der Waals surface area contributed by atoms with E-state index in [1.54, 1.807) is 11.8 Å². The van der Waals surface area contributed by atoms with E-state index >= 15 is 4.39 Å². The number of methoxy groups -OCH3 is 1. The Labute approximate surface area is 235 Å². The second-order valence-corrected chi connectivity index (χ2v) is 10.3. The predicted octanol–water partition coefficient (Wildman–Crippen LogP) is 5.14. The summed E-state index contributed by atoms with van der Waals surface area (Å²) in [6.45, 7) is 0.646. The van der Waals surface area contributed by atoms with Crippen LogP contribution in [-0.2, 0) is 14.3 Å². The molecule has 2 amide bonds. The normalized spacial score (nSPS) is 15.0. The van der Waals surface area contributed by atoms with Gasteiger partial charge in [0.1, 0.15) is 24.0 Å². The molecule has 1 N–H and O–H groups in total. The van der Waals surface area contributed by atoms with Gasteiger partial charge in [0.05, 0.1) is 22.4 Å². The summed E-state index contributed by atoms with van der Waals surface area (Å²) in [6.07, 6.45) is 0.628. The van der Waals surface area contributed by atoms with E-state index in [2.05, 4.69) is 5.32 Å². The minimum absolute atomic E-state index is 0.0177. The molecule has 1 atom stereocenters. The number of rotatable bonds is 9. The molecule has 3 aromatic carbocycles. The third kappa shape index (κ3) is 5.78. The first-order chi connectivity index (χ1) is 19.5. The zero-order chi connectivity index (χ0) is 28.1. The molecule has 0 saturated carbocycles. The summed E-state index contributed by atoms with van der Waals surface area (Å²) in [7, 11) is 1.59. The van der Waals surface area contributed by atoms with Crippen molar-refractivity contribution in [2.24, 2.45) is 0 Å². The Balaban J connectivity index is 1.71. The van der Waals surface area contributed by atoms with Gasteiger partial charge in [0.2, 0.25) is 11.8 Å². The van der Waals surface area contributed by atoms with Crippen molar-refractivity contribution in [3.05, 3.63) is 102 Å². The van der Waals surface area contributed by atoms with Gasteiger partial charge in [-0.25, -0.2) is 13.5 Å². The lowest BCUT2D eigenvalue weighted by Gasteiger charge is -2.23. The second kappa shape index (κ2) is 12.4. The fourth-order valence-electron chi connectivity index (χ4n) is 4.68. The molecule has 0 aliphatic carbocycles. The molecule has 10 heteroatoms. The van der Waals surface area contributed by atoms with E-state index in [9.17, 15) is 14.0 Å². The molecule has 1 aliphatic heterocycles. The van der Waals surface area contributed by atoms with Crippen molar-refractivity contribution in [2.75, 3.05) is 37.5 Å². The average molecular weight is 563 g/mol. The SMILES string of the molecule is COCCCNC(=O)CN1C(=O)CSC(c2ccc(F)cc2F)c2c(-c3ccccc3)nn(-c3ccccc3)c21. The first-order valence-electron chi connectivity index (χ1n) is 12.8. The van der Waals surface area contributed by atoms with E-state index in [4.69, 9.17) is 9.84 Å². The van der Waals surface area contributed by atoms with Gasteiger partial charge >= 0.3 is 0 Å². The first-order valence-corrected chi connectivity index (χ1v) is 13.9. The van der Waals surface area contributed by atoms with E-state index in [1.807, 2.05) is 60.7 Å². The van der Waals surface area contributed by atoms with Crippen LogP contribution in [0.5, 0.6) is 0 Å². The van der Waals surface area contributed by atoms with Crippen molar-refractivity contribution in [3.8, 4) is 16.9 Å². The molecule has 1 aliphatic rings. The Bertz CT molecular complexity index is 1500. The van der Waals surface area contributed by atoms with Crippen molar-refractivity contribution in [1.29, 1.82) is 0 Å². The van der Waals surface area contributed by atoms with Gasteiger partial charge in [-0.3, -0.25) is 14.5 Å². The van der Waals surface area contributed by atoms with Crippen molar-refractivity contribution >= 4 is 29.4 Å². The monoisotopic (exact) mass is 562 g/mol. The predicted molar refractivity (Wildman–Crippen MR) is 152 cm³/mol. The summed E-state index contributed by atoms with van der Waals surface area (Å²) in [5.41, 5.74) is 2.78. The van der Waals surface area contributed by atoms with Crippen molar-refractivity contribution in [1.82, 2.24) is 15.1 Å². The van der Waals surface area contributed by atoms with E-state index in [0.29, 0.717) is 42.3 Å². The molecule has 4 aromatic rings. The number of nitrogens with one attached hydrogen (secondary N) is 1. The summed E-state index contributed by atoms with van der Waals surface area (Å²) in [5, 5.41) is 7.09. The van der Waals surface area contributed by atoms with Crippen LogP contribution in [0, 0.1) is 11.6 Å². The van der Waals surface area contributed by atoms with Crippen LogP contribution in [-0.4, -0.2) is 54.2 Å². The number of para-hydroxylation sites is 1. The highest BCUT2D eigenvalue weighted by Crippen LogP contribution is 2.49. The number of carbonyl (C=O) groups is 2. The maximum absolute atomic E-state index is 15.3. The maximum atomic E-state index is 15.3. The molecule has 40 heavy (non-hydrogen) atoms. The number of hydrogen-bond acceptors (Lipinski definition) is 5. The molecule has 7 nitrogen and oxygen atoms in total. The smallest absolute Gasteiger partial charge is 0.240 e. The number of ether oxygens (including phenoxy) is 1. The van der Waals surface area contributed by atoms with E-state index in [1.165, 1.54) is 28.8 Å². The summed E-state index contributed by atoms with van der Waals surface area (Å²) < 4.78 is 35.9. The minimum Gasteiger partial charge on any atom is -0.385 e. The summed E-state index contributed by atoms with van der Waals surface area (Å²) in [6, 6.07) is 22.1. The van der Waals surface area contributed by atoms with Gasteiger partial charge in [0, 0.05) is 43.0 Å². The van der Waals surface area contributed by atoms with Crippen molar-refractivity contribution in [2.45, 2.75) is 11.7 Å². The van der Waals surface area contributed by atoms with E-state index in [-0.39, 0.29) is 29.7 Å². The van der Waals surface area contributed by atoms with Gasteiger partial charge in [-0.2, -0.15) is 5.10 Å². The third-order valence-corrected chi connectivity index (χ3v) is 7.77. The molecule has 1 unspecified atom stereocenters. The number of aromatic nitrogens is 2. The van der Waals surface area contributed by atoms with Crippen LogP contribution < -0.4 is 10.2 Å². The molecule has 0 fully saturated rings.